The second-order valence-corrected chi connectivity index (χ2v) is 7.07. The molecule has 1 aliphatic heterocycles. The molecule has 0 bridgehead atoms. The average molecular weight is 316 g/mol. The summed E-state index contributed by atoms with van der Waals surface area (Å²) in [5.41, 5.74) is 2.62. The largest absolute Gasteiger partial charge is 0.463 e. The van der Waals surface area contributed by atoms with E-state index in [1.165, 1.54) is 45.2 Å². The highest BCUT2D eigenvalue weighted by molar-refractivity contribution is 5.97. The average Bonchev–Trinajstić information content (AvgIpc) is 3.20. The number of carbonyl (C=O) groups excluding carboxylic acids is 1. The summed E-state index contributed by atoms with van der Waals surface area (Å²) in [6.07, 6.45) is 8.22. The number of rotatable bonds is 6. The van der Waals surface area contributed by atoms with Crippen molar-refractivity contribution in [3.8, 4) is 0 Å². The van der Waals surface area contributed by atoms with Gasteiger partial charge in [0.05, 0.1) is 38.0 Å². The molecule has 23 heavy (non-hydrogen) atoms. The molecule has 2 fully saturated rings. The fraction of sp³-hybridized carbons (Fsp3) is 0.611. The zero-order valence-electron chi connectivity index (χ0n) is 13.6. The van der Waals surface area contributed by atoms with Gasteiger partial charge in [-0.2, -0.15) is 0 Å². The van der Waals surface area contributed by atoms with E-state index in [9.17, 15) is 4.79 Å². The lowest BCUT2D eigenvalue weighted by atomic mass is 9.85. The Bertz CT molecular complexity index is 678. The first-order valence-corrected chi connectivity index (χ1v) is 9.00. The summed E-state index contributed by atoms with van der Waals surface area (Å²) < 4.78 is 7.66. The Hall–Kier alpha value is -1.75. The van der Waals surface area contributed by atoms with E-state index in [4.69, 9.17) is 4.42 Å². The number of carbonyl (C=O) groups is 1. The maximum atomic E-state index is 12.6. The topological polar surface area (TPSA) is 51.6 Å². The van der Waals surface area contributed by atoms with Crippen molar-refractivity contribution in [2.45, 2.75) is 38.6 Å². The van der Waals surface area contributed by atoms with Crippen LogP contribution >= 0.6 is 0 Å². The van der Waals surface area contributed by atoms with Crippen LogP contribution in [0.4, 0.5) is 0 Å². The van der Waals surface area contributed by atoms with E-state index in [2.05, 4.69) is 9.88 Å². The molecule has 1 saturated carbocycles. The first-order valence-electron chi connectivity index (χ1n) is 9.00. The van der Waals surface area contributed by atoms with Crippen molar-refractivity contribution in [2.75, 3.05) is 26.2 Å². The minimum atomic E-state index is 0.0364. The lowest BCUT2D eigenvalue weighted by molar-refractivity contribution is -0.886. The third-order valence-corrected chi connectivity index (χ3v) is 5.50. The summed E-state index contributed by atoms with van der Waals surface area (Å²) in [6.45, 7) is 5.22. The Balaban J connectivity index is 1.44. The van der Waals surface area contributed by atoms with Gasteiger partial charge in [-0.3, -0.25) is 4.79 Å². The molecule has 0 spiro atoms. The highest BCUT2D eigenvalue weighted by Gasteiger charge is 2.23. The Morgan fingerprint density at radius 1 is 1.30 bits per heavy atom. The molecule has 1 amide bonds. The summed E-state index contributed by atoms with van der Waals surface area (Å²) in [4.78, 5) is 14.2. The lowest BCUT2D eigenvalue weighted by Crippen LogP contribution is -3.10. The van der Waals surface area contributed by atoms with Crippen LogP contribution in [0, 0.1) is 5.92 Å². The van der Waals surface area contributed by atoms with Crippen LogP contribution in [-0.4, -0.2) is 36.7 Å². The van der Waals surface area contributed by atoms with E-state index in [1.807, 2.05) is 12.1 Å². The lowest BCUT2D eigenvalue weighted by Gasteiger charge is -2.26. The molecule has 5 heteroatoms. The number of hydrogen-bond acceptors (Lipinski definition) is 2. The second kappa shape index (κ2) is 6.40. The van der Waals surface area contributed by atoms with Gasteiger partial charge in [0, 0.05) is 31.5 Å². The molecule has 2 aromatic rings. The van der Waals surface area contributed by atoms with Crippen LogP contribution in [0.2, 0.25) is 0 Å². The molecular weight excluding hydrogens is 290 g/mol. The first kappa shape index (κ1) is 14.8. The van der Waals surface area contributed by atoms with E-state index >= 15 is 0 Å². The number of quaternary nitrogens is 1. The van der Waals surface area contributed by atoms with Crippen LogP contribution in [0.15, 0.2) is 22.8 Å². The van der Waals surface area contributed by atoms with Crippen LogP contribution in [0.1, 0.15) is 42.6 Å². The highest BCUT2D eigenvalue weighted by Crippen LogP contribution is 2.31. The first-order chi connectivity index (χ1) is 11.3. The van der Waals surface area contributed by atoms with Gasteiger partial charge >= 0.3 is 0 Å². The summed E-state index contributed by atoms with van der Waals surface area (Å²) >= 11 is 0. The predicted molar refractivity (Wildman–Crippen MR) is 88.7 cm³/mol. The quantitative estimate of drug-likeness (QED) is 0.847. The molecule has 3 heterocycles. The van der Waals surface area contributed by atoms with Gasteiger partial charge in [0.25, 0.3) is 5.91 Å². The number of aromatic nitrogens is 1. The van der Waals surface area contributed by atoms with Gasteiger partial charge < -0.3 is 19.2 Å². The minimum absolute atomic E-state index is 0.0364. The van der Waals surface area contributed by atoms with E-state index in [-0.39, 0.29) is 5.91 Å². The molecule has 124 valence electrons. The Morgan fingerprint density at radius 3 is 2.87 bits per heavy atom. The predicted octanol–water partition coefficient (Wildman–Crippen LogP) is 1.44. The molecule has 5 nitrogen and oxygen atoms in total. The molecule has 1 aliphatic carbocycles. The fourth-order valence-corrected chi connectivity index (χ4v) is 3.86. The maximum absolute atomic E-state index is 12.6. The summed E-state index contributed by atoms with van der Waals surface area (Å²) in [6, 6.07) is 3.87. The van der Waals surface area contributed by atoms with Crippen molar-refractivity contribution in [2.24, 2.45) is 5.92 Å². The zero-order chi connectivity index (χ0) is 15.6. The van der Waals surface area contributed by atoms with Crippen molar-refractivity contribution >= 4 is 17.0 Å². The van der Waals surface area contributed by atoms with E-state index < -0.39 is 0 Å². The molecule has 4 rings (SSSR count). The normalized spacial score (nSPS) is 19.3. The van der Waals surface area contributed by atoms with Crippen LogP contribution in [0.3, 0.4) is 0 Å². The molecule has 2 N–H and O–H groups in total. The Morgan fingerprint density at radius 2 is 2.13 bits per heavy atom. The number of fused-ring (bicyclic) bond motifs is 1. The monoisotopic (exact) mass is 316 g/mol. The van der Waals surface area contributed by atoms with Gasteiger partial charge in [0.1, 0.15) is 5.69 Å². The molecule has 2 aromatic heterocycles. The third kappa shape index (κ3) is 3.02. The van der Waals surface area contributed by atoms with Crippen molar-refractivity contribution in [1.29, 1.82) is 0 Å². The summed E-state index contributed by atoms with van der Waals surface area (Å²) in [5, 5.41) is 3.10. The number of nitrogens with one attached hydrogen (secondary N) is 2. The molecule has 1 saturated heterocycles. The Kier molecular flexibility index (Phi) is 4.12. The third-order valence-electron chi connectivity index (χ3n) is 5.50. The van der Waals surface area contributed by atoms with Gasteiger partial charge in [-0.1, -0.05) is 6.42 Å². The molecule has 0 atom stereocenters. The van der Waals surface area contributed by atoms with Crippen molar-refractivity contribution in [3.05, 3.63) is 24.1 Å². The summed E-state index contributed by atoms with van der Waals surface area (Å²) in [5.74, 6) is 0.746. The maximum Gasteiger partial charge on any atom is 0.268 e. The van der Waals surface area contributed by atoms with Gasteiger partial charge in [-0.25, -0.2) is 0 Å². The van der Waals surface area contributed by atoms with Gasteiger partial charge in [-0.15, -0.1) is 0 Å². The van der Waals surface area contributed by atoms with Gasteiger partial charge in [0.2, 0.25) is 0 Å². The Labute approximate surface area is 136 Å². The molecule has 0 radical (unpaired) electrons. The number of nitrogens with zero attached hydrogens (tertiary/aromatic N) is 1. The fourth-order valence-electron chi connectivity index (χ4n) is 3.86. The molecule has 0 aromatic carbocycles. The van der Waals surface area contributed by atoms with Crippen molar-refractivity contribution in [1.82, 2.24) is 9.88 Å². The van der Waals surface area contributed by atoms with Crippen LogP contribution in [0.25, 0.3) is 11.1 Å². The standard InChI is InChI=1S/C18H25N3O2/c22-18(19-7-10-20-8-1-2-9-20)16-12-17-15(6-11-23-17)21(16)13-14-4-3-5-14/h6,11-12,14H,1-5,7-10,13H2,(H,19,22)/p+1. The van der Waals surface area contributed by atoms with E-state index in [1.54, 1.807) is 11.2 Å². The van der Waals surface area contributed by atoms with Gasteiger partial charge in [0.15, 0.2) is 5.58 Å². The second-order valence-electron chi connectivity index (χ2n) is 7.07. The molecular formula is C18H26N3O2+. The van der Waals surface area contributed by atoms with E-state index in [0.29, 0.717) is 5.92 Å². The number of furan rings is 1. The zero-order valence-corrected chi connectivity index (χ0v) is 13.6. The van der Waals surface area contributed by atoms with E-state index in [0.717, 1.165) is 36.4 Å². The minimum Gasteiger partial charge on any atom is -0.463 e. The SMILES string of the molecule is O=C(NCC[NH+]1CCCC1)c1cc2occc2n1CC1CCC1. The smallest absolute Gasteiger partial charge is 0.268 e. The van der Waals surface area contributed by atoms with Crippen molar-refractivity contribution < 1.29 is 14.1 Å². The molecule has 0 unspecified atom stereocenters. The summed E-state index contributed by atoms with van der Waals surface area (Å²) in [7, 11) is 0. The number of hydrogen-bond donors (Lipinski definition) is 2. The molecule has 2 aliphatic rings. The number of amides is 1. The van der Waals surface area contributed by atoms with Crippen LogP contribution < -0.4 is 10.2 Å². The number of likely N-dealkylation sites (tertiary alicyclic amines) is 1. The van der Waals surface area contributed by atoms with Gasteiger partial charge in [-0.05, 0) is 18.8 Å². The van der Waals surface area contributed by atoms with Crippen LogP contribution in [0.5, 0.6) is 0 Å². The van der Waals surface area contributed by atoms with Crippen LogP contribution in [-0.2, 0) is 6.54 Å². The highest BCUT2D eigenvalue weighted by atomic mass is 16.3. The van der Waals surface area contributed by atoms with Crippen molar-refractivity contribution in [3.63, 3.8) is 0 Å².